The lowest BCUT2D eigenvalue weighted by molar-refractivity contribution is -0.147. The minimum atomic E-state index is -0.448. The number of benzene rings is 2. The highest BCUT2D eigenvalue weighted by atomic mass is 16.5. The molecular weight excluding hydrogens is 318 g/mol. The number of likely N-dealkylation sites (N-methyl/N-ethyl adjacent to an activating group) is 1. The van der Waals surface area contributed by atoms with Gasteiger partial charge in [-0.05, 0) is 43.7 Å². The fraction of sp³-hybridized carbons (Fsp3) is 0.300. The van der Waals surface area contributed by atoms with Crippen LogP contribution in [0.4, 0.5) is 5.69 Å². The number of carbonyl (C=O) groups excluding carboxylic acids is 2. The molecule has 0 fully saturated rings. The Morgan fingerprint density at radius 3 is 2.44 bits per heavy atom. The molecule has 5 nitrogen and oxygen atoms in total. The molecule has 0 radical (unpaired) electrons. The Balaban J connectivity index is 1.85. The van der Waals surface area contributed by atoms with Crippen LogP contribution in [0.1, 0.15) is 19.4 Å². The molecule has 25 heavy (non-hydrogen) atoms. The van der Waals surface area contributed by atoms with Crippen LogP contribution >= 0.6 is 0 Å². The molecule has 2 rings (SSSR count). The third-order valence-corrected chi connectivity index (χ3v) is 3.49. The van der Waals surface area contributed by atoms with Crippen molar-refractivity contribution < 1.29 is 19.1 Å². The quantitative estimate of drug-likeness (QED) is 0.726. The van der Waals surface area contributed by atoms with E-state index in [9.17, 15) is 9.59 Å². The first-order valence-corrected chi connectivity index (χ1v) is 8.18. The predicted molar refractivity (Wildman–Crippen MR) is 96.7 cm³/mol. The highest BCUT2D eigenvalue weighted by Crippen LogP contribution is 2.16. The molecule has 2 aromatic carbocycles. The number of carbonyl (C=O) groups is 2. The van der Waals surface area contributed by atoms with Gasteiger partial charge in [0.15, 0.2) is 6.61 Å². The van der Waals surface area contributed by atoms with Crippen LogP contribution in [-0.2, 0) is 20.7 Å². The fourth-order valence-electron chi connectivity index (χ4n) is 2.25. The Kier molecular flexibility index (Phi) is 6.57. The summed E-state index contributed by atoms with van der Waals surface area (Å²) in [7, 11) is 1.65. The molecule has 0 heterocycles. The molecule has 0 saturated carbocycles. The first-order chi connectivity index (χ1) is 12.0. The fourth-order valence-corrected chi connectivity index (χ4v) is 2.25. The van der Waals surface area contributed by atoms with E-state index in [2.05, 4.69) is 0 Å². The van der Waals surface area contributed by atoms with Crippen molar-refractivity contribution in [3.63, 3.8) is 0 Å². The van der Waals surface area contributed by atoms with Crippen LogP contribution in [-0.4, -0.2) is 31.6 Å². The summed E-state index contributed by atoms with van der Waals surface area (Å²) >= 11 is 0. The molecule has 0 aliphatic rings. The third-order valence-electron chi connectivity index (χ3n) is 3.49. The Morgan fingerprint density at radius 2 is 1.76 bits per heavy atom. The number of ether oxygens (including phenoxy) is 2. The maximum absolute atomic E-state index is 12.1. The van der Waals surface area contributed by atoms with Gasteiger partial charge in [-0.3, -0.25) is 9.59 Å². The average Bonchev–Trinajstić information content (AvgIpc) is 2.59. The van der Waals surface area contributed by atoms with E-state index < -0.39 is 5.97 Å². The van der Waals surface area contributed by atoms with Crippen molar-refractivity contribution >= 4 is 17.6 Å². The standard InChI is InChI=1S/C20H23NO4/c1-15(2)25-18-11-7-8-16(12-18)13-20(23)24-14-19(22)21(3)17-9-5-4-6-10-17/h4-12,15H,13-14H2,1-3H3. The van der Waals surface area contributed by atoms with E-state index >= 15 is 0 Å². The lowest BCUT2D eigenvalue weighted by Crippen LogP contribution is -2.31. The summed E-state index contributed by atoms with van der Waals surface area (Å²) in [6.45, 7) is 3.60. The van der Waals surface area contributed by atoms with Gasteiger partial charge in [0.1, 0.15) is 5.75 Å². The minimum Gasteiger partial charge on any atom is -0.491 e. The Morgan fingerprint density at radius 1 is 1.04 bits per heavy atom. The second kappa shape index (κ2) is 8.87. The van der Waals surface area contributed by atoms with Gasteiger partial charge in [0.05, 0.1) is 12.5 Å². The number of hydrogen-bond donors (Lipinski definition) is 0. The van der Waals surface area contributed by atoms with Gasteiger partial charge in [-0.2, -0.15) is 0 Å². The summed E-state index contributed by atoms with van der Waals surface area (Å²) in [4.78, 5) is 25.5. The van der Waals surface area contributed by atoms with Crippen molar-refractivity contribution in [3.8, 4) is 5.75 Å². The lowest BCUT2D eigenvalue weighted by atomic mass is 10.1. The molecule has 132 valence electrons. The maximum Gasteiger partial charge on any atom is 0.310 e. The monoisotopic (exact) mass is 341 g/mol. The number of rotatable bonds is 7. The van der Waals surface area contributed by atoms with E-state index in [1.165, 1.54) is 4.90 Å². The summed E-state index contributed by atoms with van der Waals surface area (Å²) in [6.07, 6.45) is 0.158. The second-order valence-corrected chi connectivity index (χ2v) is 5.94. The molecule has 2 aromatic rings. The molecule has 0 spiro atoms. The van der Waals surface area contributed by atoms with E-state index in [0.29, 0.717) is 5.75 Å². The number of hydrogen-bond acceptors (Lipinski definition) is 4. The Hall–Kier alpha value is -2.82. The van der Waals surface area contributed by atoms with Gasteiger partial charge in [0.25, 0.3) is 5.91 Å². The molecule has 0 saturated heterocycles. The van der Waals surface area contributed by atoms with Crippen molar-refractivity contribution in [2.75, 3.05) is 18.6 Å². The molecule has 0 bridgehead atoms. The van der Waals surface area contributed by atoms with Crippen LogP contribution in [0.3, 0.4) is 0 Å². The molecule has 0 aliphatic carbocycles. The summed E-state index contributed by atoms with van der Waals surface area (Å²) < 4.78 is 10.7. The average molecular weight is 341 g/mol. The number of para-hydroxylation sites is 1. The Labute approximate surface area is 148 Å². The zero-order valence-corrected chi connectivity index (χ0v) is 14.8. The topological polar surface area (TPSA) is 55.8 Å². The van der Waals surface area contributed by atoms with Gasteiger partial charge in [0, 0.05) is 12.7 Å². The van der Waals surface area contributed by atoms with Crippen LogP contribution in [0.5, 0.6) is 5.75 Å². The molecule has 0 unspecified atom stereocenters. The number of amides is 1. The minimum absolute atomic E-state index is 0.0633. The summed E-state index contributed by atoms with van der Waals surface area (Å²) in [5.74, 6) is -0.0202. The highest BCUT2D eigenvalue weighted by molar-refractivity contribution is 5.94. The SMILES string of the molecule is CC(C)Oc1cccc(CC(=O)OCC(=O)N(C)c2ccccc2)c1. The Bertz CT molecular complexity index is 713. The third kappa shape index (κ3) is 5.95. The van der Waals surface area contributed by atoms with E-state index in [4.69, 9.17) is 9.47 Å². The molecule has 0 aliphatic heterocycles. The van der Waals surface area contributed by atoms with E-state index in [0.717, 1.165) is 11.3 Å². The van der Waals surface area contributed by atoms with Gasteiger partial charge < -0.3 is 14.4 Å². The summed E-state index contributed by atoms with van der Waals surface area (Å²) in [5.41, 5.74) is 1.54. The van der Waals surface area contributed by atoms with Crippen LogP contribution in [0.2, 0.25) is 0 Å². The first kappa shape index (κ1) is 18.5. The van der Waals surface area contributed by atoms with Crippen LogP contribution in [0.15, 0.2) is 54.6 Å². The number of anilines is 1. The molecule has 1 amide bonds. The van der Waals surface area contributed by atoms with Crippen LogP contribution < -0.4 is 9.64 Å². The van der Waals surface area contributed by atoms with Crippen molar-refractivity contribution in [2.24, 2.45) is 0 Å². The van der Waals surface area contributed by atoms with Gasteiger partial charge in [-0.1, -0.05) is 30.3 Å². The lowest BCUT2D eigenvalue weighted by Gasteiger charge is -2.17. The molecule has 5 heteroatoms. The summed E-state index contributed by atoms with van der Waals surface area (Å²) in [5, 5.41) is 0. The van der Waals surface area contributed by atoms with Gasteiger partial charge in [0.2, 0.25) is 0 Å². The molecule has 0 N–H and O–H groups in total. The van der Waals surface area contributed by atoms with E-state index in [1.807, 2.05) is 62.4 Å². The van der Waals surface area contributed by atoms with Crippen molar-refractivity contribution in [2.45, 2.75) is 26.4 Å². The zero-order chi connectivity index (χ0) is 18.2. The predicted octanol–water partition coefficient (Wildman–Crippen LogP) is 3.22. The maximum atomic E-state index is 12.1. The van der Waals surface area contributed by atoms with E-state index in [-0.39, 0.29) is 25.0 Å². The number of nitrogens with zero attached hydrogens (tertiary/aromatic N) is 1. The molecule has 0 aromatic heterocycles. The second-order valence-electron chi connectivity index (χ2n) is 5.94. The van der Waals surface area contributed by atoms with Gasteiger partial charge in [-0.25, -0.2) is 0 Å². The zero-order valence-electron chi connectivity index (χ0n) is 14.8. The van der Waals surface area contributed by atoms with Crippen molar-refractivity contribution in [1.82, 2.24) is 0 Å². The van der Waals surface area contributed by atoms with E-state index in [1.54, 1.807) is 13.1 Å². The highest BCUT2D eigenvalue weighted by Gasteiger charge is 2.14. The smallest absolute Gasteiger partial charge is 0.310 e. The summed E-state index contributed by atoms with van der Waals surface area (Å²) in [6, 6.07) is 16.5. The van der Waals surface area contributed by atoms with Gasteiger partial charge in [-0.15, -0.1) is 0 Å². The van der Waals surface area contributed by atoms with Crippen molar-refractivity contribution in [1.29, 1.82) is 0 Å². The van der Waals surface area contributed by atoms with Gasteiger partial charge >= 0.3 is 5.97 Å². The van der Waals surface area contributed by atoms with Crippen LogP contribution in [0, 0.1) is 0 Å². The molecule has 0 atom stereocenters. The largest absolute Gasteiger partial charge is 0.491 e. The number of esters is 1. The normalized spacial score (nSPS) is 10.4. The first-order valence-electron chi connectivity index (χ1n) is 8.18. The molecular formula is C20H23NO4. The van der Waals surface area contributed by atoms with Crippen molar-refractivity contribution in [3.05, 3.63) is 60.2 Å². The van der Waals surface area contributed by atoms with Crippen LogP contribution in [0.25, 0.3) is 0 Å².